The maximum absolute atomic E-state index is 13.7. The van der Waals surface area contributed by atoms with Crippen molar-refractivity contribution in [3.63, 3.8) is 0 Å². The van der Waals surface area contributed by atoms with Crippen LogP contribution in [-0.4, -0.2) is 28.4 Å². The van der Waals surface area contributed by atoms with Crippen LogP contribution in [0.25, 0.3) is 10.9 Å². The van der Waals surface area contributed by atoms with Gasteiger partial charge in [0.25, 0.3) is 0 Å². The molecule has 1 amide bonds. The highest BCUT2D eigenvalue weighted by Crippen LogP contribution is 2.27. The van der Waals surface area contributed by atoms with Crippen LogP contribution in [-0.2, 0) is 11.3 Å². The highest BCUT2D eigenvalue weighted by Gasteiger charge is 2.31. The summed E-state index contributed by atoms with van der Waals surface area (Å²) in [6.07, 6.45) is 0.651. The molecule has 4 nitrogen and oxygen atoms in total. The number of amides is 1. The number of nitrogens with zero attached hydrogens (tertiary/aromatic N) is 2. The van der Waals surface area contributed by atoms with Gasteiger partial charge in [0.05, 0.1) is 5.52 Å². The molecule has 138 valence electrons. The van der Waals surface area contributed by atoms with Gasteiger partial charge in [-0.2, -0.15) is 0 Å². The molecule has 1 aliphatic heterocycles. The van der Waals surface area contributed by atoms with E-state index in [-0.39, 0.29) is 23.6 Å². The van der Waals surface area contributed by atoms with E-state index in [1.165, 1.54) is 24.3 Å². The van der Waals surface area contributed by atoms with Crippen molar-refractivity contribution in [2.75, 3.05) is 11.9 Å². The van der Waals surface area contributed by atoms with Gasteiger partial charge in [0.1, 0.15) is 17.7 Å². The molecule has 0 radical (unpaired) electrons. The Labute approximate surface area is 155 Å². The van der Waals surface area contributed by atoms with Crippen molar-refractivity contribution in [3.05, 3.63) is 71.4 Å². The van der Waals surface area contributed by atoms with Crippen LogP contribution in [0.15, 0.2) is 48.5 Å². The molecule has 0 bridgehead atoms. The predicted octanol–water partition coefficient (Wildman–Crippen LogP) is 4.03. The Morgan fingerprint density at radius 3 is 2.63 bits per heavy atom. The maximum atomic E-state index is 13.7. The number of aromatic nitrogens is 1. The van der Waals surface area contributed by atoms with Gasteiger partial charge in [-0.05, 0) is 55.3 Å². The number of halogens is 2. The van der Waals surface area contributed by atoms with Crippen LogP contribution < -0.4 is 5.32 Å². The number of carbonyl (C=O) groups is 1. The van der Waals surface area contributed by atoms with E-state index in [0.29, 0.717) is 36.1 Å². The van der Waals surface area contributed by atoms with Gasteiger partial charge in [-0.25, -0.2) is 8.78 Å². The van der Waals surface area contributed by atoms with Crippen LogP contribution in [0.3, 0.4) is 0 Å². The minimum absolute atomic E-state index is 0.0154. The first kappa shape index (κ1) is 17.4. The van der Waals surface area contributed by atoms with Gasteiger partial charge in [0, 0.05) is 29.9 Å². The molecular formula is C21H19F2N3O. The molecule has 0 aliphatic carbocycles. The van der Waals surface area contributed by atoms with E-state index in [1.54, 1.807) is 23.1 Å². The molecule has 2 heterocycles. The number of anilines is 1. The van der Waals surface area contributed by atoms with Crippen LogP contribution in [0.5, 0.6) is 0 Å². The third-order valence-corrected chi connectivity index (χ3v) is 4.81. The normalized spacial score (nSPS) is 16.9. The average molecular weight is 367 g/mol. The lowest BCUT2D eigenvalue weighted by molar-refractivity contribution is -0.128. The first-order chi connectivity index (χ1) is 13.0. The zero-order valence-electron chi connectivity index (χ0n) is 14.9. The molecule has 1 saturated heterocycles. The maximum Gasteiger partial charge on any atom is 0.245 e. The molecule has 1 aliphatic rings. The van der Waals surface area contributed by atoms with Gasteiger partial charge >= 0.3 is 0 Å². The SMILES string of the molecule is Cc1cc(NC2CCN(Cc3ccc(F)cc3)C2=O)c2cc(F)ccc2n1. The smallest absolute Gasteiger partial charge is 0.245 e. The molecule has 3 aromatic rings. The number of nitrogens with one attached hydrogen (secondary N) is 1. The lowest BCUT2D eigenvalue weighted by Crippen LogP contribution is -2.33. The fourth-order valence-electron chi connectivity index (χ4n) is 3.48. The molecule has 1 aromatic heterocycles. The van der Waals surface area contributed by atoms with Crippen molar-refractivity contribution in [1.29, 1.82) is 0 Å². The summed E-state index contributed by atoms with van der Waals surface area (Å²) in [6, 6.07) is 12.1. The Morgan fingerprint density at radius 2 is 1.85 bits per heavy atom. The number of likely N-dealkylation sites (tertiary alicyclic amines) is 1. The summed E-state index contributed by atoms with van der Waals surface area (Å²) in [5.74, 6) is -0.650. The van der Waals surface area contributed by atoms with Gasteiger partial charge < -0.3 is 10.2 Å². The number of benzene rings is 2. The van der Waals surface area contributed by atoms with Crippen LogP contribution in [0.1, 0.15) is 17.7 Å². The molecule has 1 atom stereocenters. The van der Waals surface area contributed by atoms with Crippen molar-refractivity contribution < 1.29 is 13.6 Å². The summed E-state index contributed by atoms with van der Waals surface area (Å²) in [5, 5.41) is 3.93. The zero-order valence-corrected chi connectivity index (χ0v) is 14.9. The van der Waals surface area contributed by atoms with Crippen LogP contribution in [0, 0.1) is 18.6 Å². The van der Waals surface area contributed by atoms with Crippen LogP contribution in [0.4, 0.5) is 14.5 Å². The number of aryl methyl sites for hydroxylation is 1. The first-order valence-corrected chi connectivity index (χ1v) is 8.86. The fourth-order valence-corrected chi connectivity index (χ4v) is 3.48. The van der Waals surface area contributed by atoms with Crippen LogP contribution in [0.2, 0.25) is 0 Å². The van der Waals surface area contributed by atoms with E-state index < -0.39 is 0 Å². The summed E-state index contributed by atoms with van der Waals surface area (Å²) in [4.78, 5) is 18.9. The van der Waals surface area contributed by atoms with Crippen molar-refractivity contribution >= 4 is 22.5 Å². The summed E-state index contributed by atoms with van der Waals surface area (Å²) < 4.78 is 26.7. The number of rotatable bonds is 4. The van der Waals surface area contributed by atoms with Gasteiger partial charge in [0.2, 0.25) is 5.91 Å². The average Bonchev–Trinajstić information content (AvgIpc) is 2.97. The molecule has 0 saturated carbocycles. The monoisotopic (exact) mass is 367 g/mol. The molecule has 2 aromatic carbocycles. The number of hydrogen-bond donors (Lipinski definition) is 1. The second kappa shape index (κ2) is 6.95. The Morgan fingerprint density at radius 1 is 1.11 bits per heavy atom. The van der Waals surface area contributed by atoms with Gasteiger partial charge in [-0.15, -0.1) is 0 Å². The molecule has 1 unspecified atom stereocenters. The topological polar surface area (TPSA) is 45.2 Å². The summed E-state index contributed by atoms with van der Waals surface area (Å²) >= 11 is 0. The lowest BCUT2D eigenvalue weighted by Gasteiger charge is -2.18. The van der Waals surface area contributed by atoms with Gasteiger partial charge in [-0.3, -0.25) is 9.78 Å². The molecule has 1 fully saturated rings. The zero-order chi connectivity index (χ0) is 19.0. The van der Waals surface area contributed by atoms with Crippen LogP contribution >= 0.6 is 0 Å². The minimum Gasteiger partial charge on any atom is -0.373 e. The van der Waals surface area contributed by atoms with E-state index >= 15 is 0 Å². The molecule has 27 heavy (non-hydrogen) atoms. The molecule has 1 N–H and O–H groups in total. The molecule has 6 heteroatoms. The Hall–Kier alpha value is -3.02. The fraction of sp³-hybridized carbons (Fsp3) is 0.238. The summed E-state index contributed by atoms with van der Waals surface area (Å²) in [7, 11) is 0. The third kappa shape index (κ3) is 3.60. The highest BCUT2D eigenvalue weighted by atomic mass is 19.1. The third-order valence-electron chi connectivity index (χ3n) is 4.81. The largest absolute Gasteiger partial charge is 0.373 e. The second-order valence-corrected chi connectivity index (χ2v) is 6.84. The van der Waals surface area contributed by atoms with Crippen molar-refractivity contribution in [2.24, 2.45) is 0 Å². The second-order valence-electron chi connectivity index (χ2n) is 6.84. The number of fused-ring (bicyclic) bond motifs is 1. The van der Waals surface area contributed by atoms with E-state index in [1.807, 2.05) is 13.0 Å². The lowest BCUT2D eigenvalue weighted by atomic mass is 10.1. The summed E-state index contributed by atoms with van der Waals surface area (Å²) in [5.41, 5.74) is 3.08. The van der Waals surface area contributed by atoms with E-state index in [9.17, 15) is 13.6 Å². The van der Waals surface area contributed by atoms with Crippen molar-refractivity contribution in [2.45, 2.75) is 25.9 Å². The predicted molar refractivity (Wildman–Crippen MR) is 100 cm³/mol. The quantitative estimate of drug-likeness (QED) is 0.757. The number of hydrogen-bond acceptors (Lipinski definition) is 3. The molecule has 4 rings (SSSR count). The number of carbonyl (C=O) groups excluding carboxylic acids is 1. The van der Waals surface area contributed by atoms with E-state index in [4.69, 9.17) is 0 Å². The molecular weight excluding hydrogens is 348 g/mol. The van der Waals surface area contributed by atoms with Crippen molar-refractivity contribution in [3.8, 4) is 0 Å². The minimum atomic E-state index is -0.376. The Balaban J connectivity index is 1.54. The van der Waals surface area contributed by atoms with Gasteiger partial charge in [-0.1, -0.05) is 12.1 Å². The number of pyridine rings is 1. The van der Waals surface area contributed by atoms with Gasteiger partial charge in [0.15, 0.2) is 0 Å². The van der Waals surface area contributed by atoms with Crippen molar-refractivity contribution in [1.82, 2.24) is 9.88 Å². The van der Waals surface area contributed by atoms with E-state index in [0.717, 1.165) is 11.3 Å². The molecule has 0 spiro atoms. The summed E-state index contributed by atoms with van der Waals surface area (Å²) in [6.45, 7) is 2.93. The Kier molecular flexibility index (Phi) is 4.48. The van der Waals surface area contributed by atoms with E-state index in [2.05, 4.69) is 10.3 Å². The standard InChI is InChI=1S/C21H19F2N3O/c1-13-10-20(17-11-16(23)6-7-18(17)24-13)25-19-8-9-26(21(19)27)12-14-2-4-15(22)5-3-14/h2-7,10-11,19H,8-9,12H2,1H3,(H,24,25). The first-order valence-electron chi connectivity index (χ1n) is 8.86. The highest BCUT2D eigenvalue weighted by molar-refractivity contribution is 5.94. The Bertz CT molecular complexity index is 1000.